The molecule has 0 aliphatic carbocycles. The first-order valence-corrected chi connectivity index (χ1v) is 10.1. The largest absolute Gasteiger partial charge is 0.376 e. The molecule has 2 heterocycles. The van der Waals surface area contributed by atoms with Crippen LogP contribution in [0.4, 0.5) is 0 Å². The summed E-state index contributed by atoms with van der Waals surface area (Å²) in [5.41, 5.74) is 1.93. The maximum absolute atomic E-state index is 11.9. The van der Waals surface area contributed by atoms with Gasteiger partial charge in [0, 0.05) is 19.6 Å². The molecule has 2 saturated heterocycles. The van der Waals surface area contributed by atoms with E-state index in [4.69, 9.17) is 23.7 Å². The fourth-order valence-corrected chi connectivity index (χ4v) is 3.91. The van der Waals surface area contributed by atoms with Gasteiger partial charge in [0.05, 0.1) is 13.2 Å². The number of carbonyl (C=O) groups is 1. The molecular formula is C23H27NO6. The number of nitrogens with one attached hydrogen (secondary N) is 1. The van der Waals surface area contributed by atoms with E-state index in [0.717, 1.165) is 11.1 Å². The molecule has 1 N–H and O–H groups in total. The topological polar surface area (TPSA) is 75.3 Å². The molecular weight excluding hydrogens is 386 g/mol. The maximum atomic E-state index is 11.9. The van der Waals surface area contributed by atoms with Crippen LogP contribution < -0.4 is 5.32 Å². The van der Waals surface area contributed by atoms with Gasteiger partial charge in [-0.05, 0) is 5.56 Å². The second-order valence-electron chi connectivity index (χ2n) is 7.44. The van der Waals surface area contributed by atoms with E-state index in [1.807, 2.05) is 60.7 Å². The van der Waals surface area contributed by atoms with E-state index in [2.05, 4.69) is 5.32 Å². The molecule has 7 nitrogen and oxygen atoms in total. The van der Waals surface area contributed by atoms with Gasteiger partial charge in [-0.25, -0.2) is 0 Å². The van der Waals surface area contributed by atoms with Crippen LogP contribution in [0.15, 0.2) is 60.7 Å². The second kappa shape index (κ2) is 9.68. The lowest BCUT2D eigenvalue weighted by Gasteiger charge is -2.48. The molecule has 0 bridgehead atoms. The number of carbonyl (C=O) groups excluding carboxylic acids is 1. The molecule has 7 heteroatoms. The Morgan fingerprint density at radius 3 is 2.43 bits per heavy atom. The third-order valence-electron chi connectivity index (χ3n) is 5.31. The lowest BCUT2D eigenvalue weighted by atomic mass is 9.95. The molecule has 0 radical (unpaired) electrons. The maximum Gasteiger partial charge on any atom is 0.217 e. The molecule has 0 saturated carbocycles. The van der Waals surface area contributed by atoms with Gasteiger partial charge in [-0.2, -0.15) is 0 Å². The summed E-state index contributed by atoms with van der Waals surface area (Å²) in [4.78, 5) is 11.9. The summed E-state index contributed by atoms with van der Waals surface area (Å²) in [6.45, 7) is 2.15. The molecule has 0 unspecified atom stereocenters. The highest BCUT2D eigenvalue weighted by molar-refractivity contribution is 5.73. The Morgan fingerprint density at radius 1 is 1.07 bits per heavy atom. The van der Waals surface area contributed by atoms with Crippen molar-refractivity contribution in [2.75, 3.05) is 13.7 Å². The van der Waals surface area contributed by atoms with Gasteiger partial charge in [-0.1, -0.05) is 60.7 Å². The monoisotopic (exact) mass is 413 g/mol. The van der Waals surface area contributed by atoms with Crippen molar-refractivity contribution in [1.29, 1.82) is 0 Å². The molecule has 30 heavy (non-hydrogen) atoms. The summed E-state index contributed by atoms with van der Waals surface area (Å²) < 4.78 is 30.1. The first-order valence-electron chi connectivity index (χ1n) is 10.1. The number of methoxy groups -OCH3 is 1. The molecule has 2 aliphatic rings. The lowest BCUT2D eigenvalue weighted by Crippen LogP contribution is -2.67. The molecule has 0 spiro atoms. The molecule has 2 aliphatic heterocycles. The van der Waals surface area contributed by atoms with E-state index >= 15 is 0 Å². The van der Waals surface area contributed by atoms with Crippen molar-refractivity contribution in [2.24, 2.45) is 0 Å². The molecule has 0 aromatic heterocycles. The van der Waals surface area contributed by atoms with Crippen LogP contribution in [0.25, 0.3) is 0 Å². The zero-order valence-corrected chi connectivity index (χ0v) is 17.1. The number of ether oxygens (including phenoxy) is 5. The van der Waals surface area contributed by atoms with Crippen molar-refractivity contribution in [1.82, 2.24) is 5.32 Å². The normalized spacial score (nSPS) is 31.0. The summed E-state index contributed by atoms with van der Waals surface area (Å²) in [7, 11) is 1.60. The number of benzene rings is 2. The van der Waals surface area contributed by atoms with Gasteiger partial charge in [-0.15, -0.1) is 0 Å². The smallest absolute Gasteiger partial charge is 0.217 e. The molecule has 2 aromatic carbocycles. The predicted octanol–water partition coefficient (Wildman–Crippen LogP) is 2.56. The Bertz CT molecular complexity index is 817. The zero-order valence-electron chi connectivity index (χ0n) is 17.1. The highest BCUT2D eigenvalue weighted by Gasteiger charge is 2.51. The van der Waals surface area contributed by atoms with E-state index in [1.54, 1.807) is 7.11 Å². The number of hydrogen-bond acceptors (Lipinski definition) is 6. The van der Waals surface area contributed by atoms with Crippen LogP contribution in [0.5, 0.6) is 0 Å². The minimum absolute atomic E-state index is 0.191. The minimum atomic E-state index is -0.694. The molecule has 4 rings (SSSR count). The summed E-state index contributed by atoms with van der Waals surface area (Å²) in [6.07, 6.45) is -2.46. The highest BCUT2D eigenvalue weighted by atomic mass is 16.7. The quantitative estimate of drug-likeness (QED) is 0.785. The Kier molecular flexibility index (Phi) is 6.76. The molecule has 6 atom stereocenters. The van der Waals surface area contributed by atoms with Crippen LogP contribution in [0, 0.1) is 0 Å². The van der Waals surface area contributed by atoms with Crippen LogP contribution in [0.1, 0.15) is 24.3 Å². The van der Waals surface area contributed by atoms with Crippen LogP contribution in [-0.2, 0) is 35.1 Å². The molecule has 160 valence electrons. The van der Waals surface area contributed by atoms with Gasteiger partial charge >= 0.3 is 0 Å². The van der Waals surface area contributed by atoms with Gasteiger partial charge in [0.1, 0.15) is 24.4 Å². The van der Waals surface area contributed by atoms with Crippen LogP contribution in [0.3, 0.4) is 0 Å². The lowest BCUT2D eigenvalue weighted by molar-refractivity contribution is -0.347. The van der Waals surface area contributed by atoms with Crippen molar-refractivity contribution in [2.45, 2.75) is 50.5 Å². The van der Waals surface area contributed by atoms with Crippen LogP contribution >= 0.6 is 0 Å². The Labute approximate surface area is 176 Å². The van der Waals surface area contributed by atoms with Crippen molar-refractivity contribution in [3.8, 4) is 0 Å². The van der Waals surface area contributed by atoms with E-state index in [1.165, 1.54) is 6.92 Å². The molecule has 1 amide bonds. The van der Waals surface area contributed by atoms with E-state index in [-0.39, 0.29) is 12.0 Å². The Morgan fingerprint density at radius 2 is 1.77 bits per heavy atom. The first kappa shape index (κ1) is 21.0. The third-order valence-corrected chi connectivity index (χ3v) is 5.31. The number of fused-ring (bicyclic) bond motifs is 1. The summed E-state index contributed by atoms with van der Waals surface area (Å²) in [5, 5.41) is 2.92. The average molecular weight is 413 g/mol. The summed E-state index contributed by atoms with van der Waals surface area (Å²) in [6, 6.07) is 19.0. The average Bonchev–Trinajstić information content (AvgIpc) is 2.78. The van der Waals surface area contributed by atoms with Crippen molar-refractivity contribution in [3.05, 3.63) is 71.8 Å². The van der Waals surface area contributed by atoms with Gasteiger partial charge in [0.25, 0.3) is 0 Å². The van der Waals surface area contributed by atoms with Gasteiger partial charge < -0.3 is 29.0 Å². The highest BCUT2D eigenvalue weighted by Crippen LogP contribution is 2.35. The standard InChI is InChI=1S/C23H27NO6/c1-15(25)24-19-21(26-2)20-18(14-28-22(30-20)17-11-7-4-8-12-17)29-23(19)27-13-16-9-5-3-6-10-16/h3-12,18-23H,13-14H2,1-2H3,(H,24,25)/t18-,19+,20-,21-,22-,23-/m1/s1. The molecule has 2 fully saturated rings. The van der Waals surface area contributed by atoms with Crippen LogP contribution in [0.2, 0.25) is 0 Å². The predicted molar refractivity (Wildman–Crippen MR) is 108 cm³/mol. The van der Waals surface area contributed by atoms with Crippen LogP contribution in [-0.4, -0.2) is 50.3 Å². The van der Waals surface area contributed by atoms with E-state index in [9.17, 15) is 4.79 Å². The number of amides is 1. The second-order valence-corrected chi connectivity index (χ2v) is 7.44. The minimum Gasteiger partial charge on any atom is -0.376 e. The Balaban J connectivity index is 1.51. The SMILES string of the molecule is CO[C@@H]1[C@H](NC(C)=O)[C@H](OCc2ccccc2)O[C@@H]2CO[C@@H](c3ccccc3)O[C@@H]12. The number of hydrogen-bond donors (Lipinski definition) is 1. The van der Waals surface area contributed by atoms with Crippen molar-refractivity contribution >= 4 is 5.91 Å². The summed E-state index contributed by atoms with van der Waals surface area (Å²) >= 11 is 0. The first-order chi connectivity index (χ1) is 14.7. The van der Waals surface area contributed by atoms with E-state index in [0.29, 0.717) is 13.2 Å². The molecule has 2 aromatic rings. The van der Waals surface area contributed by atoms with Gasteiger partial charge in [0.15, 0.2) is 12.6 Å². The Hall–Kier alpha value is -2.29. The fourth-order valence-electron chi connectivity index (χ4n) is 3.91. The van der Waals surface area contributed by atoms with Gasteiger partial charge in [0.2, 0.25) is 5.91 Å². The van der Waals surface area contributed by atoms with Crippen molar-refractivity contribution in [3.63, 3.8) is 0 Å². The van der Waals surface area contributed by atoms with Gasteiger partial charge in [-0.3, -0.25) is 4.79 Å². The zero-order chi connectivity index (χ0) is 20.9. The fraction of sp³-hybridized carbons (Fsp3) is 0.435. The number of rotatable bonds is 6. The summed E-state index contributed by atoms with van der Waals surface area (Å²) in [5.74, 6) is -0.191. The van der Waals surface area contributed by atoms with E-state index < -0.39 is 30.8 Å². The van der Waals surface area contributed by atoms with Crippen molar-refractivity contribution < 1.29 is 28.5 Å². The third kappa shape index (κ3) is 4.71.